The van der Waals surface area contributed by atoms with Crippen LogP contribution in [0.3, 0.4) is 0 Å². The van der Waals surface area contributed by atoms with Crippen LogP contribution in [-0.2, 0) is 6.42 Å². The van der Waals surface area contributed by atoms with Crippen LogP contribution >= 0.6 is 0 Å². The zero-order chi connectivity index (χ0) is 12.2. The van der Waals surface area contributed by atoms with E-state index in [1.807, 2.05) is 7.05 Å². The van der Waals surface area contributed by atoms with Gasteiger partial charge in [0.25, 0.3) is 0 Å². The van der Waals surface area contributed by atoms with Gasteiger partial charge in [0, 0.05) is 6.42 Å². The molecular weight excluding hydrogens is 198 g/mol. The third-order valence-electron chi connectivity index (χ3n) is 2.91. The second kappa shape index (κ2) is 5.53. The first-order valence-corrected chi connectivity index (χ1v) is 6.22. The van der Waals surface area contributed by atoms with Crippen molar-refractivity contribution >= 4 is 0 Å². The van der Waals surface area contributed by atoms with Crippen molar-refractivity contribution in [2.75, 3.05) is 7.05 Å². The van der Waals surface area contributed by atoms with E-state index in [4.69, 9.17) is 4.42 Å². The summed E-state index contributed by atoms with van der Waals surface area (Å²) in [5, 5.41) is 3.33. The lowest BCUT2D eigenvalue weighted by molar-refractivity contribution is 0.314. The van der Waals surface area contributed by atoms with Crippen molar-refractivity contribution < 1.29 is 4.42 Å². The molecule has 1 unspecified atom stereocenters. The molecule has 0 aliphatic heterocycles. The van der Waals surface area contributed by atoms with Crippen molar-refractivity contribution in [1.29, 1.82) is 0 Å². The predicted molar refractivity (Wildman–Crippen MR) is 68.6 cm³/mol. The van der Waals surface area contributed by atoms with Crippen molar-refractivity contribution in [2.24, 2.45) is 5.41 Å². The van der Waals surface area contributed by atoms with E-state index in [-0.39, 0.29) is 0 Å². The maximum Gasteiger partial charge on any atom is 0.121 e. The number of hydrogen-bond acceptors (Lipinski definition) is 2. The van der Waals surface area contributed by atoms with E-state index in [9.17, 15) is 0 Å². The van der Waals surface area contributed by atoms with E-state index in [0.717, 1.165) is 24.4 Å². The van der Waals surface area contributed by atoms with E-state index in [1.165, 1.54) is 6.42 Å². The number of rotatable bonds is 5. The van der Waals surface area contributed by atoms with Crippen LogP contribution in [0, 0.1) is 5.41 Å². The van der Waals surface area contributed by atoms with E-state index < -0.39 is 0 Å². The standard InChI is InChI=1S/C14H25NO/c1-6-11-7-8-13(16-11)12(15-5)9-10-14(2,3)4/h7-8,12,15H,6,9-10H2,1-5H3. The fourth-order valence-electron chi connectivity index (χ4n) is 1.78. The lowest BCUT2D eigenvalue weighted by Gasteiger charge is -2.21. The molecule has 0 saturated carbocycles. The number of aryl methyl sites for hydroxylation is 1. The zero-order valence-electron chi connectivity index (χ0n) is 11.3. The molecule has 1 atom stereocenters. The SMILES string of the molecule is CCc1ccc(C(CCC(C)(C)C)NC)o1. The Morgan fingerprint density at radius 2 is 2.00 bits per heavy atom. The van der Waals surface area contributed by atoms with Gasteiger partial charge in [-0.2, -0.15) is 0 Å². The minimum Gasteiger partial charge on any atom is -0.464 e. The number of nitrogens with one attached hydrogen (secondary N) is 1. The molecular formula is C14H25NO. The summed E-state index contributed by atoms with van der Waals surface area (Å²) in [6.07, 6.45) is 3.28. The van der Waals surface area contributed by atoms with E-state index in [2.05, 4.69) is 45.1 Å². The Balaban J connectivity index is 2.60. The molecule has 0 radical (unpaired) electrons. The van der Waals surface area contributed by atoms with Crippen LogP contribution in [0.15, 0.2) is 16.5 Å². The van der Waals surface area contributed by atoms with Crippen LogP contribution in [0.1, 0.15) is 58.1 Å². The minimum atomic E-state index is 0.347. The molecule has 16 heavy (non-hydrogen) atoms. The summed E-state index contributed by atoms with van der Waals surface area (Å²) in [6.45, 7) is 8.95. The molecule has 0 spiro atoms. The largest absolute Gasteiger partial charge is 0.464 e. The lowest BCUT2D eigenvalue weighted by atomic mass is 9.88. The quantitative estimate of drug-likeness (QED) is 0.818. The van der Waals surface area contributed by atoms with Gasteiger partial charge in [-0.05, 0) is 37.4 Å². The second-order valence-electron chi connectivity index (χ2n) is 5.60. The summed E-state index contributed by atoms with van der Waals surface area (Å²) >= 11 is 0. The third kappa shape index (κ3) is 4.01. The lowest BCUT2D eigenvalue weighted by Crippen LogP contribution is -2.18. The fourth-order valence-corrected chi connectivity index (χ4v) is 1.78. The summed E-state index contributed by atoms with van der Waals surface area (Å²) in [6, 6.07) is 4.53. The first-order valence-electron chi connectivity index (χ1n) is 6.22. The van der Waals surface area contributed by atoms with Crippen LogP contribution in [-0.4, -0.2) is 7.05 Å². The maximum absolute atomic E-state index is 5.79. The van der Waals surface area contributed by atoms with Gasteiger partial charge in [0.1, 0.15) is 11.5 Å². The normalized spacial score (nSPS) is 14.1. The fraction of sp³-hybridized carbons (Fsp3) is 0.714. The highest BCUT2D eigenvalue weighted by Crippen LogP contribution is 2.28. The van der Waals surface area contributed by atoms with Gasteiger partial charge < -0.3 is 9.73 Å². The Kier molecular flexibility index (Phi) is 4.60. The van der Waals surface area contributed by atoms with Crippen LogP contribution in [0.5, 0.6) is 0 Å². The average Bonchev–Trinajstić information content (AvgIpc) is 2.65. The Morgan fingerprint density at radius 1 is 1.31 bits per heavy atom. The van der Waals surface area contributed by atoms with Crippen LogP contribution in [0.2, 0.25) is 0 Å². The summed E-state index contributed by atoms with van der Waals surface area (Å²) in [4.78, 5) is 0. The molecule has 0 saturated heterocycles. The molecule has 0 aromatic carbocycles. The monoisotopic (exact) mass is 223 g/mol. The van der Waals surface area contributed by atoms with Gasteiger partial charge in [-0.15, -0.1) is 0 Å². The average molecular weight is 223 g/mol. The van der Waals surface area contributed by atoms with Crippen LogP contribution in [0.4, 0.5) is 0 Å². The van der Waals surface area contributed by atoms with Gasteiger partial charge in [0.2, 0.25) is 0 Å². The molecule has 1 aromatic heterocycles. The molecule has 0 aliphatic rings. The van der Waals surface area contributed by atoms with Gasteiger partial charge in [-0.25, -0.2) is 0 Å². The Labute approximate surface area is 99.4 Å². The molecule has 0 aliphatic carbocycles. The molecule has 0 amide bonds. The van der Waals surface area contributed by atoms with E-state index in [1.54, 1.807) is 0 Å². The molecule has 1 heterocycles. The molecule has 1 rings (SSSR count). The highest BCUT2D eigenvalue weighted by molar-refractivity contribution is 5.10. The highest BCUT2D eigenvalue weighted by atomic mass is 16.3. The van der Waals surface area contributed by atoms with Gasteiger partial charge >= 0.3 is 0 Å². The first kappa shape index (κ1) is 13.3. The van der Waals surface area contributed by atoms with Gasteiger partial charge in [-0.3, -0.25) is 0 Å². The molecule has 0 fully saturated rings. The van der Waals surface area contributed by atoms with Crippen LogP contribution < -0.4 is 5.32 Å². The Hall–Kier alpha value is -0.760. The molecule has 2 nitrogen and oxygen atoms in total. The van der Waals surface area contributed by atoms with Crippen molar-refractivity contribution in [2.45, 2.75) is 53.0 Å². The van der Waals surface area contributed by atoms with Gasteiger partial charge in [0.15, 0.2) is 0 Å². The number of hydrogen-bond donors (Lipinski definition) is 1. The molecule has 92 valence electrons. The smallest absolute Gasteiger partial charge is 0.121 e. The highest BCUT2D eigenvalue weighted by Gasteiger charge is 2.17. The summed E-state index contributed by atoms with van der Waals surface area (Å²) in [7, 11) is 2.00. The summed E-state index contributed by atoms with van der Waals surface area (Å²) < 4.78 is 5.79. The van der Waals surface area contributed by atoms with E-state index in [0.29, 0.717) is 11.5 Å². The minimum absolute atomic E-state index is 0.347. The van der Waals surface area contributed by atoms with Crippen molar-refractivity contribution in [3.8, 4) is 0 Å². The zero-order valence-corrected chi connectivity index (χ0v) is 11.3. The van der Waals surface area contributed by atoms with Crippen molar-refractivity contribution in [3.63, 3.8) is 0 Å². The van der Waals surface area contributed by atoms with Gasteiger partial charge in [-0.1, -0.05) is 27.7 Å². The molecule has 1 N–H and O–H groups in total. The second-order valence-corrected chi connectivity index (χ2v) is 5.60. The summed E-state index contributed by atoms with van der Waals surface area (Å²) in [5.41, 5.74) is 0.384. The number of furan rings is 1. The Bertz CT molecular complexity index is 309. The molecule has 2 heteroatoms. The Morgan fingerprint density at radius 3 is 2.44 bits per heavy atom. The molecule has 0 bridgehead atoms. The molecule has 1 aromatic rings. The third-order valence-corrected chi connectivity index (χ3v) is 2.91. The van der Waals surface area contributed by atoms with Crippen molar-refractivity contribution in [3.05, 3.63) is 23.7 Å². The predicted octanol–water partition coefficient (Wildman–Crippen LogP) is 3.93. The van der Waals surface area contributed by atoms with Crippen molar-refractivity contribution in [1.82, 2.24) is 5.32 Å². The summed E-state index contributed by atoms with van der Waals surface area (Å²) in [5.74, 6) is 2.15. The van der Waals surface area contributed by atoms with Gasteiger partial charge in [0.05, 0.1) is 6.04 Å². The first-order chi connectivity index (χ1) is 7.46. The maximum atomic E-state index is 5.79. The topological polar surface area (TPSA) is 25.2 Å². The van der Waals surface area contributed by atoms with Crippen LogP contribution in [0.25, 0.3) is 0 Å². The van der Waals surface area contributed by atoms with E-state index >= 15 is 0 Å².